The van der Waals surface area contributed by atoms with Crippen LogP contribution in [0.2, 0.25) is 0 Å². The summed E-state index contributed by atoms with van der Waals surface area (Å²) in [4.78, 5) is 24.7. The molecule has 0 unspecified atom stereocenters. The van der Waals surface area contributed by atoms with Crippen LogP contribution in [0.1, 0.15) is 29.5 Å². The lowest BCUT2D eigenvalue weighted by molar-refractivity contribution is -0.122. The second kappa shape index (κ2) is 7.55. The molecule has 0 aliphatic heterocycles. The van der Waals surface area contributed by atoms with Gasteiger partial charge in [-0.1, -0.05) is 6.92 Å². The average molecular weight is 268 g/mol. The van der Waals surface area contributed by atoms with Gasteiger partial charge in [0.1, 0.15) is 0 Å². The first-order valence-corrected chi connectivity index (χ1v) is 6.11. The number of hydrogen-bond acceptors (Lipinski definition) is 5. The highest BCUT2D eigenvalue weighted by Gasteiger charge is 2.16. The predicted molar refractivity (Wildman–Crippen MR) is 70.0 cm³/mol. The van der Waals surface area contributed by atoms with Crippen molar-refractivity contribution in [3.05, 3.63) is 23.7 Å². The molecule has 1 rings (SSSR count). The molecular weight excluding hydrogens is 248 g/mol. The first-order chi connectivity index (χ1) is 9.08. The van der Waals surface area contributed by atoms with Gasteiger partial charge in [-0.25, -0.2) is 5.84 Å². The van der Waals surface area contributed by atoms with Crippen molar-refractivity contribution in [2.75, 3.05) is 20.1 Å². The number of nitrogens with zero attached hydrogens (tertiary/aromatic N) is 1. The van der Waals surface area contributed by atoms with Crippen molar-refractivity contribution in [1.29, 1.82) is 0 Å². The van der Waals surface area contributed by atoms with Crippen LogP contribution in [-0.2, 0) is 11.3 Å². The third-order valence-corrected chi connectivity index (χ3v) is 2.51. The van der Waals surface area contributed by atoms with E-state index >= 15 is 0 Å². The Balaban J connectivity index is 2.53. The highest BCUT2D eigenvalue weighted by atomic mass is 16.3. The molecule has 0 atom stereocenters. The van der Waals surface area contributed by atoms with E-state index in [-0.39, 0.29) is 18.2 Å². The number of hydrogen-bond donors (Lipinski definition) is 3. The van der Waals surface area contributed by atoms with Gasteiger partial charge in [-0.2, -0.15) is 0 Å². The summed E-state index contributed by atoms with van der Waals surface area (Å²) in [6.45, 7) is 3.35. The zero-order chi connectivity index (χ0) is 14.3. The molecule has 1 heterocycles. The van der Waals surface area contributed by atoms with Gasteiger partial charge in [0, 0.05) is 18.7 Å². The number of nitrogens with one attached hydrogen (secondary N) is 2. The van der Waals surface area contributed by atoms with E-state index in [1.807, 2.05) is 12.3 Å². The van der Waals surface area contributed by atoms with Crippen LogP contribution in [0.3, 0.4) is 0 Å². The van der Waals surface area contributed by atoms with Gasteiger partial charge in [0.05, 0.1) is 12.8 Å². The summed E-state index contributed by atoms with van der Waals surface area (Å²) in [5.41, 5.74) is 2.71. The largest absolute Gasteiger partial charge is 0.459 e. The lowest BCUT2D eigenvalue weighted by Gasteiger charge is -2.15. The quantitative estimate of drug-likeness (QED) is 0.362. The third-order valence-electron chi connectivity index (χ3n) is 2.51. The summed E-state index contributed by atoms with van der Waals surface area (Å²) in [6, 6.07) is 1.69. The Morgan fingerprint density at radius 2 is 2.21 bits per heavy atom. The molecule has 1 aromatic heterocycles. The normalized spacial score (nSPS) is 10.5. The van der Waals surface area contributed by atoms with Gasteiger partial charge in [-0.15, -0.1) is 0 Å². The predicted octanol–water partition coefficient (Wildman–Crippen LogP) is -0.159. The molecule has 0 aliphatic carbocycles. The molecular formula is C12H20N4O3. The smallest absolute Gasteiger partial charge is 0.301 e. The number of rotatable bonds is 7. The van der Waals surface area contributed by atoms with Crippen LogP contribution in [0.25, 0.3) is 0 Å². The van der Waals surface area contributed by atoms with Crippen molar-refractivity contribution in [1.82, 2.24) is 15.6 Å². The number of carbonyl (C=O) groups is 2. The Morgan fingerprint density at radius 3 is 2.84 bits per heavy atom. The van der Waals surface area contributed by atoms with Crippen LogP contribution in [0.4, 0.5) is 0 Å². The summed E-state index contributed by atoms with van der Waals surface area (Å²) in [5, 5.41) is 2.79. The lowest BCUT2D eigenvalue weighted by Crippen LogP contribution is -2.35. The van der Waals surface area contributed by atoms with Crippen molar-refractivity contribution in [3.63, 3.8) is 0 Å². The van der Waals surface area contributed by atoms with Crippen LogP contribution in [-0.4, -0.2) is 36.9 Å². The fraction of sp³-hybridized carbons (Fsp3) is 0.500. The minimum atomic E-state index is -0.483. The van der Waals surface area contributed by atoms with Crippen LogP contribution >= 0.6 is 0 Å². The maximum atomic E-state index is 11.5. The van der Waals surface area contributed by atoms with E-state index in [4.69, 9.17) is 10.3 Å². The summed E-state index contributed by atoms with van der Waals surface area (Å²) in [7, 11) is 1.79. The van der Waals surface area contributed by atoms with Crippen LogP contribution in [0, 0.1) is 0 Å². The Bertz CT molecular complexity index is 430. The fourth-order valence-electron chi connectivity index (χ4n) is 1.64. The van der Waals surface area contributed by atoms with Crippen molar-refractivity contribution < 1.29 is 14.0 Å². The van der Waals surface area contributed by atoms with E-state index in [1.54, 1.807) is 18.0 Å². The molecule has 1 aromatic rings. The van der Waals surface area contributed by atoms with E-state index < -0.39 is 5.91 Å². The molecule has 0 aromatic carbocycles. The average Bonchev–Trinajstić information content (AvgIpc) is 2.83. The Morgan fingerprint density at radius 1 is 1.47 bits per heavy atom. The summed E-state index contributed by atoms with van der Waals surface area (Å²) in [6.07, 6.45) is 2.32. The fourth-order valence-corrected chi connectivity index (χ4v) is 1.64. The van der Waals surface area contributed by atoms with Crippen LogP contribution in [0.5, 0.6) is 0 Å². The molecule has 0 saturated carbocycles. The Kier molecular flexibility index (Phi) is 6.04. The van der Waals surface area contributed by atoms with Crippen molar-refractivity contribution in [2.45, 2.75) is 19.9 Å². The zero-order valence-electron chi connectivity index (χ0n) is 11.2. The number of nitrogens with two attached hydrogens (primary N) is 1. The molecule has 2 amide bonds. The third kappa shape index (κ3) is 4.72. The van der Waals surface area contributed by atoms with Gasteiger partial charge in [0.2, 0.25) is 5.91 Å². The van der Waals surface area contributed by atoms with Gasteiger partial charge in [-0.3, -0.25) is 19.9 Å². The number of amides is 2. The standard InChI is InChI=1S/C12H20N4O3/c1-3-5-14-10(17)8-16(2)7-9-4-6-19-11(9)12(18)15-13/h4,6H,3,5,7-8,13H2,1-2H3,(H,14,17)(H,15,18). The molecule has 0 bridgehead atoms. The maximum absolute atomic E-state index is 11.5. The minimum absolute atomic E-state index is 0.0438. The SMILES string of the molecule is CCCNC(=O)CN(C)Cc1ccoc1C(=O)NN. The molecule has 7 nitrogen and oxygen atoms in total. The number of likely N-dealkylation sites (N-methyl/N-ethyl adjacent to an activating group) is 1. The second-order valence-electron chi connectivity index (χ2n) is 4.27. The first kappa shape index (κ1) is 15.2. The number of furan rings is 1. The zero-order valence-corrected chi connectivity index (χ0v) is 11.2. The highest BCUT2D eigenvalue weighted by molar-refractivity contribution is 5.92. The van der Waals surface area contributed by atoms with Crippen LogP contribution < -0.4 is 16.6 Å². The topological polar surface area (TPSA) is 101 Å². The van der Waals surface area contributed by atoms with Gasteiger partial charge >= 0.3 is 5.91 Å². The van der Waals surface area contributed by atoms with Gasteiger partial charge in [-0.05, 0) is 19.5 Å². The molecule has 106 valence electrons. The highest BCUT2D eigenvalue weighted by Crippen LogP contribution is 2.12. The number of carbonyl (C=O) groups excluding carboxylic acids is 2. The maximum Gasteiger partial charge on any atom is 0.301 e. The number of nitrogen functional groups attached to an aromatic ring is 1. The van der Waals surface area contributed by atoms with E-state index in [9.17, 15) is 9.59 Å². The molecule has 4 N–H and O–H groups in total. The van der Waals surface area contributed by atoms with E-state index in [0.29, 0.717) is 18.7 Å². The lowest BCUT2D eigenvalue weighted by atomic mass is 10.2. The van der Waals surface area contributed by atoms with E-state index in [1.165, 1.54) is 6.26 Å². The van der Waals surface area contributed by atoms with Crippen molar-refractivity contribution >= 4 is 11.8 Å². The van der Waals surface area contributed by atoms with Gasteiger partial charge in [0.25, 0.3) is 0 Å². The van der Waals surface area contributed by atoms with E-state index in [0.717, 1.165) is 6.42 Å². The Labute approximate surface area is 112 Å². The van der Waals surface area contributed by atoms with Crippen molar-refractivity contribution in [3.8, 4) is 0 Å². The van der Waals surface area contributed by atoms with Gasteiger partial charge in [0.15, 0.2) is 5.76 Å². The van der Waals surface area contributed by atoms with E-state index in [2.05, 4.69) is 5.32 Å². The molecule has 0 fully saturated rings. The summed E-state index contributed by atoms with van der Waals surface area (Å²) < 4.78 is 5.07. The molecule has 0 saturated heterocycles. The van der Waals surface area contributed by atoms with Crippen LogP contribution in [0.15, 0.2) is 16.7 Å². The monoisotopic (exact) mass is 268 g/mol. The molecule has 19 heavy (non-hydrogen) atoms. The Hall–Kier alpha value is -1.86. The second-order valence-corrected chi connectivity index (χ2v) is 4.27. The first-order valence-electron chi connectivity index (χ1n) is 6.11. The molecule has 0 aliphatic rings. The summed E-state index contributed by atoms with van der Waals surface area (Å²) >= 11 is 0. The minimum Gasteiger partial charge on any atom is -0.459 e. The van der Waals surface area contributed by atoms with Crippen molar-refractivity contribution in [2.24, 2.45) is 5.84 Å². The molecule has 0 radical (unpaired) electrons. The number of hydrazine groups is 1. The van der Waals surface area contributed by atoms with Gasteiger partial charge < -0.3 is 9.73 Å². The summed E-state index contributed by atoms with van der Waals surface area (Å²) in [5.74, 6) is 4.70. The molecule has 0 spiro atoms. The molecule has 7 heteroatoms.